The van der Waals surface area contributed by atoms with Crippen LogP contribution in [0.2, 0.25) is 5.02 Å². The summed E-state index contributed by atoms with van der Waals surface area (Å²) < 4.78 is 5.04. The fourth-order valence-corrected chi connectivity index (χ4v) is 2.90. The Morgan fingerprint density at radius 3 is 2.50 bits per heavy atom. The van der Waals surface area contributed by atoms with Gasteiger partial charge in [0.15, 0.2) is 0 Å². The average Bonchev–Trinajstić information content (AvgIpc) is 3.22. The lowest BCUT2D eigenvalue weighted by Crippen LogP contribution is -2.41. The van der Waals surface area contributed by atoms with Gasteiger partial charge in [-0.3, -0.25) is 20.4 Å². The van der Waals surface area contributed by atoms with Crippen LogP contribution in [0.15, 0.2) is 46.4 Å². The summed E-state index contributed by atoms with van der Waals surface area (Å²) >= 11 is 7.18. The summed E-state index contributed by atoms with van der Waals surface area (Å²) in [4.78, 5) is 28.2. The Morgan fingerprint density at radius 2 is 1.83 bits per heavy atom. The van der Waals surface area contributed by atoms with E-state index in [1.54, 1.807) is 24.4 Å². The molecule has 3 rings (SSSR count). The first-order chi connectivity index (χ1) is 11.5. The van der Waals surface area contributed by atoms with Crippen LogP contribution in [0, 0.1) is 6.92 Å². The third-order valence-corrected chi connectivity index (χ3v) is 4.36. The largest absolute Gasteiger partial charge is 0.469 e. The number of benzene rings is 1. The minimum Gasteiger partial charge on any atom is -0.469 e. The maximum absolute atomic E-state index is 12.1. The van der Waals surface area contributed by atoms with Crippen molar-refractivity contribution in [3.63, 3.8) is 0 Å². The van der Waals surface area contributed by atoms with Crippen molar-refractivity contribution in [3.8, 4) is 10.6 Å². The zero-order valence-corrected chi connectivity index (χ0v) is 14.1. The zero-order valence-electron chi connectivity index (χ0n) is 12.5. The van der Waals surface area contributed by atoms with Gasteiger partial charge in [-0.05, 0) is 25.1 Å². The maximum Gasteiger partial charge on any atom is 0.289 e. The molecule has 3 aromatic rings. The van der Waals surface area contributed by atoms with Gasteiger partial charge in [0.25, 0.3) is 11.8 Å². The van der Waals surface area contributed by atoms with Gasteiger partial charge < -0.3 is 4.42 Å². The van der Waals surface area contributed by atoms with Gasteiger partial charge in [-0.25, -0.2) is 4.98 Å². The molecule has 2 amide bonds. The molecule has 0 fully saturated rings. The van der Waals surface area contributed by atoms with Gasteiger partial charge >= 0.3 is 0 Å². The third-order valence-electron chi connectivity index (χ3n) is 3.22. The fraction of sp³-hybridized carbons (Fsp3) is 0.0625. The number of thiazole rings is 1. The van der Waals surface area contributed by atoms with Crippen molar-refractivity contribution < 1.29 is 14.0 Å². The van der Waals surface area contributed by atoms with Gasteiger partial charge in [-0.1, -0.05) is 23.7 Å². The highest BCUT2D eigenvalue weighted by Crippen LogP contribution is 2.25. The molecule has 8 heteroatoms. The SMILES string of the molecule is Cc1occc1C(=O)NNC(=O)c1csc(-c2ccc(Cl)cc2)n1. The molecule has 122 valence electrons. The fourth-order valence-electron chi connectivity index (χ4n) is 1.97. The summed E-state index contributed by atoms with van der Waals surface area (Å²) in [5, 5.41) is 2.94. The van der Waals surface area contributed by atoms with Gasteiger partial charge in [0.05, 0.1) is 11.8 Å². The summed E-state index contributed by atoms with van der Waals surface area (Å²) in [5.74, 6) is -0.482. The van der Waals surface area contributed by atoms with Crippen LogP contribution in [0.4, 0.5) is 0 Å². The molecule has 6 nitrogen and oxygen atoms in total. The number of carbonyl (C=O) groups excluding carboxylic acids is 2. The topological polar surface area (TPSA) is 84.2 Å². The molecule has 0 unspecified atom stereocenters. The molecule has 0 saturated carbocycles. The van der Waals surface area contributed by atoms with Crippen molar-refractivity contribution >= 4 is 34.8 Å². The summed E-state index contributed by atoms with van der Waals surface area (Å²) in [6.07, 6.45) is 1.41. The summed E-state index contributed by atoms with van der Waals surface area (Å²) in [7, 11) is 0. The van der Waals surface area contributed by atoms with Crippen LogP contribution in [0.3, 0.4) is 0 Å². The second kappa shape index (κ2) is 6.86. The molecule has 2 N–H and O–H groups in total. The molecular weight excluding hydrogens is 350 g/mol. The number of nitrogens with one attached hydrogen (secondary N) is 2. The molecule has 0 aliphatic rings. The number of hydrogen-bond donors (Lipinski definition) is 2. The van der Waals surface area contributed by atoms with Crippen LogP contribution in [0.25, 0.3) is 10.6 Å². The first-order valence-electron chi connectivity index (χ1n) is 6.91. The van der Waals surface area contributed by atoms with Gasteiger partial charge in [0, 0.05) is 16.0 Å². The Bertz CT molecular complexity index is 886. The minimum absolute atomic E-state index is 0.217. The van der Waals surface area contributed by atoms with E-state index >= 15 is 0 Å². The Kier molecular flexibility index (Phi) is 4.64. The maximum atomic E-state index is 12.1. The number of aromatic nitrogens is 1. The lowest BCUT2D eigenvalue weighted by Gasteiger charge is -2.04. The van der Waals surface area contributed by atoms with Crippen LogP contribution >= 0.6 is 22.9 Å². The molecule has 0 radical (unpaired) electrons. The predicted octanol–water partition coefficient (Wildman–Crippen LogP) is 3.44. The lowest BCUT2D eigenvalue weighted by molar-refractivity contribution is 0.0843. The van der Waals surface area contributed by atoms with Crippen LogP contribution in [0.1, 0.15) is 26.6 Å². The molecule has 0 spiro atoms. The number of carbonyl (C=O) groups is 2. The molecule has 0 saturated heterocycles. The molecule has 0 atom stereocenters. The van der Waals surface area contributed by atoms with E-state index in [1.807, 2.05) is 12.1 Å². The van der Waals surface area contributed by atoms with Crippen LogP contribution < -0.4 is 10.9 Å². The normalized spacial score (nSPS) is 10.4. The van der Waals surface area contributed by atoms with E-state index in [1.165, 1.54) is 23.7 Å². The molecule has 0 aliphatic carbocycles. The Morgan fingerprint density at radius 1 is 1.12 bits per heavy atom. The molecule has 2 heterocycles. The number of halogens is 1. The average molecular weight is 362 g/mol. The summed E-state index contributed by atoms with van der Waals surface area (Å²) in [6, 6.07) is 8.69. The van der Waals surface area contributed by atoms with Gasteiger partial charge in [-0.15, -0.1) is 11.3 Å². The standard InChI is InChI=1S/C16H12ClN3O3S/c1-9-12(6-7-23-9)14(21)19-20-15(22)13-8-24-16(18-13)10-2-4-11(17)5-3-10/h2-8H,1H3,(H,19,21)(H,20,22). The van der Waals surface area contributed by atoms with E-state index in [2.05, 4.69) is 15.8 Å². The molecule has 0 aliphatic heterocycles. The molecule has 0 bridgehead atoms. The highest BCUT2D eigenvalue weighted by atomic mass is 35.5. The van der Waals surface area contributed by atoms with Crippen LogP contribution in [-0.2, 0) is 0 Å². The van der Waals surface area contributed by atoms with Crippen LogP contribution in [-0.4, -0.2) is 16.8 Å². The smallest absolute Gasteiger partial charge is 0.289 e. The number of furan rings is 1. The molecule has 1 aromatic carbocycles. The van der Waals surface area contributed by atoms with Crippen molar-refractivity contribution in [1.29, 1.82) is 0 Å². The van der Waals surface area contributed by atoms with E-state index < -0.39 is 11.8 Å². The van der Waals surface area contributed by atoms with E-state index in [0.717, 1.165) is 5.56 Å². The highest BCUT2D eigenvalue weighted by Gasteiger charge is 2.15. The molecular formula is C16H12ClN3O3S. The lowest BCUT2D eigenvalue weighted by atomic mass is 10.2. The van der Waals surface area contributed by atoms with E-state index in [0.29, 0.717) is 21.4 Å². The highest BCUT2D eigenvalue weighted by molar-refractivity contribution is 7.13. The Hall–Kier alpha value is -2.64. The van der Waals surface area contributed by atoms with Gasteiger partial charge in [-0.2, -0.15) is 0 Å². The number of rotatable bonds is 3. The predicted molar refractivity (Wildman–Crippen MR) is 90.9 cm³/mol. The van der Waals surface area contributed by atoms with Crippen molar-refractivity contribution in [2.45, 2.75) is 6.92 Å². The number of hydrazine groups is 1. The van der Waals surface area contributed by atoms with Crippen LogP contribution in [0.5, 0.6) is 0 Å². The van der Waals surface area contributed by atoms with Gasteiger partial charge in [0.2, 0.25) is 0 Å². The zero-order chi connectivity index (χ0) is 17.1. The van der Waals surface area contributed by atoms with E-state index in [4.69, 9.17) is 16.0 Å². The third kappa shape index (κ3) is 3.47. The second-order valence-electron chi connectivity index (χ2n) is 4.84. The number of hydrogen-bond acceptors (Lipinski definition) is 5. The van der Waals surface area contributed by atoms with Crippen molar-refractivity contribution in [2.75, 3.05) is 0 Å². The van der Waals surface area contributed by atoms with Crippen molar-refractivity contribution in [2.24, 2.45) is 0 Å². The van der Waals surface area contributed by atoms with E-state index in [-0.39, 0.29) is 5.69 Å². The van der Waals surface area contributed by atoms with E-state index in [9.17, 15) is 9.59 Å². The first kappa shape index (κ1) is 16.2. The minimum atomic E-state index is -0.499. The van der Waals surface area contributed by atoms with Gasteiger partial charge in [0.1, 0.15) is 16.5 Å². The second-order valence-corrected chi connectivity index (χ2v) is 6.14. The monoisotopic (exact) mass is 361 g/mol. The summed E-state index contributed by atoms with van der Waals surface area (Å²) in [5.41, 5.74) is 6.10. The quantitative estimate of drug-likeness (QED) is 0.700. The Balaban J connectivity index is 1.65. The number of aryl methyl sites for hydroxylation is 1. The summed E-state index contributed by atoms with van der Waals surface area (Å²) in [6.45, 7) is 1.66. The first-order valence-corrected chi connectivity index (χ1v) is 8.16. The van der Waals surface area contributed by atoms with Crippen molar-refractivity contribution in [1.82, 2.24) is 15.8 Å². The number of amides is 2. The molecule has 2 aromatic heterocycles. The van der Waals surface area contributed by atoms with Crippen molar-refractivity contribution in [3.05, 3.63) is 64.0 Å². The molecule has 24 heavy (non-hydrogen) atoms. The Labute approximate surface area is 146 Å². The number of nitrogens with zero attached hydrogens (tertiary/aromatic N) is 1.